The van der Waals surface area contributed by atoms with E-state index in [0.717, 1.165) is 32.4 Å². The molecular formula is C14H19NO3S. The summed E-state index contributed by atoms with van der Waals surface area (Å²) in [6.45, 7) is 3.27. The summed E-state index contributed by atoms with van der Waals surface area (Å²) in [4.78, 5) is 26.5. The molecule has 0 bridgehead atoms. The van der Waals surface area contributed by atoms with E-state index in [1.807, 2.05) is 16.3 Å². The molecule has 5 heteroatoms. The van der Waals surface area contributed by atoms with Crippen LogP contribution in [0.3, 0.4) is 0 Å². The Bertz CT molecular complexity index is 438. The molecule has 19 heavy (non-hydrogen) atoms. The Hall–Kier alpha value is -1.20. The number of likely N-dealkylation sites (tertiary alicyclic amines) is 1. The lowest BCUT2D eigenvalue weighted by Crippen LogP contribution is -2.49. The number of carboxylic acid groups (broad SMARTS) is 1. The van der Waals surface area contributed by atoms with Gasteiger partial charge in [-0.3, -0.25) is 14.5 Å². The zero-order chi connectivity index (χ0) is 13.8. The highest BCUT2D eigenvalue weighted by Gasteiger charge is 2.36. The Balaban J connectivity index is 2.22. The second-order valence-corrected chi connectivity index (χ2v) is 5.96. The molecule has 1 fully saturated rings. The summed E-state index contributed by atoms with van der Waals surface area (Å²) in [5.41, 5.74) is 0. The number of Topliss-reactive ketones (excluding diaryl/α,β-unsaturated/α-hetero) is 1. The molecule has 0 aromatic carbocycles. The fourth-order valence-corrected chi connectivity index (χ4v) is 3.30. The third-order valence-electron chi connectivity index (χ3n) is 3.68. The van der Waals surface area contributed by atoms with E-state index in [-0.39, 0.29) is 5.78 Å². The predicted molar refractivity (Wildman–Crippen MR) is 74.7 cm³/mol. The van der Waals surface area contributed by atoms with Gasteiger partial charge >= 0.3 is 5.97 Å². The van der Waals surface area contributed by atoms with Gasteiger partial charge in [0.1, 0.15) is 0 Å². The van der Waals surface area contributed by atoms with E-state index < -0.39 is 17.9 Å². The van der Waals surface area contributed by atoms with Crippen molar-refractivity contribution in [1.29, 1.82) is 0 Å². The largest absolute Gasteiger partial charge is 0.481 e. The quantitative estimate of drug-likeness (QED) is 0.843. The highest BCUT2D eigenvalue weighted by Crippen LogP contribution is 2.23. The number of carbonyl (C=O) groups is 2. The van der Waals surface area contributed by atoms with E-state index in [2.05, 4.69) is 0 Å². The molecule has 1 N–H and O–H groups in total. The first-order valence-corrected chi connectivity index (χ1v) is 7.54. The number of thiophene rings is 1. The number of hydrogen-bond acceptors (Lipinski definition) is 4. The summed E-state index contributed by atoms with van der Waals surface area (Å²) in [6, 6.07) is 3.08. The number of hydrogen-bond donors (Lipinski definition) is 1. The minimum atomic E-state index is -0.902. The first-order valence-electron chi connectivity index (χ1n) is 6.66. The standard InChI is InChI=1S/C14H19NO3S/c1-10(14(17)18)12(15-7-3-2-4-8-15)13(16)11-6-5-9-19-11/h5-6,9-10,12H,2-4,7-8H2,1H3,(H,17,18). The molecule has 2 unspecified atom stereocenters. The van der Waals surface area contributed by atoms with Gasteiger partial charge in [0.05, 0.1) is 16.8 Å². The molecule has 1 aliphatic heterocycles. The highest BCUT2D eigenvalue weighted by atomic mass is 32.1. The lowest BCUT2D eigenvalue weighted by molar-refractivity contribution is -0.143. The van der Waals surface area contributed by atoms with Crippen molar-refractivity contribution in [2.45, 2.75) is 32.2 Å². The molecule has 2 rings (SSSR count). The van der Waals surface area contributed by atoms with Crippen LogP contribution in [0.25, 0.3) is 0 Å². The van der Waals surface area contributed by atoms with Gasteiger partial charge in [0.15, 0.2) is 5.78 Å². The summed E-state index contributed by atoms with van der Waals surface area (Å²) in [5, 5.41) is 11.1. The molecule has 2 atom stereocenters. The van der Waals surface area contributed by atoms with Crippen LogP contribution in [-0.4, -0.2) is 40.9 Å². The van der Waals surface area contributed by atoms with Gasteiger partial charge in [-0.25, -0.2) is 0 Å². The van der Waals surface area contributed by atoms with Crippen molar-refractivity contribution in [3.63, 3.8) is 0 Å². The Labute approximate surface area is 117 Å². The molecule has 1 aliphatic rings. The lowest BCUT2D eigenvalue weighted by atomic mass is 9.93. The molecule has 1 saturated heterocycles. The van der Waals surface area contributed by atoms with E-state index in [4.69, 9.17) is 0 Å². The lowest BCUT2D eigenvalue weighted by Gasteiger charge is -2.35. The third-order valence-corrected chi connectivity index (χ3v) is 4.56. The fourth-order valence-electron chi connectivity index (χ4n) is 2.61. The van der Waals surface area contributed by atoms with Gasteiger partial charge in [0, 0.05) is 0 Å². The van der Waals surface area contributed by atoms with Crippen LogP contribution in [0, 0.1) is 5.92 Å². The van der Waals surface area contributed by atoms with Gasteiger partial charge in [-0.1, -0.05) is 12.5 Å². The zero-order valence-corrected chi connectivity index (χ0v) is 11.9. The van der Waals surface area contributed by atoms with Crippen molar-refractivity contribution in [1.82, 2.24) is 4.90 Å². The normalized spacial score (nSPS) is 19.8. The minimum Gasteiger partial charge on any atom is -0.481 e. The summed E-state index contributed by atoms with van der Waals surface area (Å²) >= 11 is 1.38. The van der Waals surface area contributed by atoms with Crippen molar-refractivity contribution in [3.8, 4) is 0 Å². The molecule has 0 amide bonds. The van der Waals surface area contributed by atoms with Gasteiger partial charge in [-0.05, 0) is 44.3 Å². The SMILES string of the molecule is CC(C(=O)O)C(C(=O)c1cccs1)N1CCCCC1. The molecule has 1 aromatic heterocycles. The second kappa shape index (κ2) is 6.30. The Morgan fingerprint density at radius 1 is 1.32 bits per heavy atom. The van der Waals surface area contributed by atoms with Crippen molar-refractivity contribution in [2.24, 2.45) is 5.92 Å². The fraction of sp³-hybridized carbons (Fsp3) is 0.571. The summed E-state index contributed by atoms with van der Waals surface area (Å²) in [5.74, 6) is -1.63. The van der Waals surface area contributed by atoms with Crippen LogP contribution in [0.1, 0.15) is 35.9 Å². The number of carboxylic acids is 1. The Kier molecular flexibility index (Phi) is 4.71. The molecular weight excluding hydrogens is 262 g/mol. The van der Waals surface area contributed by atoms with Gasteiger partial charge in [0.2, 0.25) is 0 Å². The Morgan fingerprint density at radius 2 is 2.00 bits per heavy atom. The van der Waals surface area contributed by atoms with Gasteiger partial charge in [0.25, 0.3) is 0 Å². The number of ketones is 1. The van der Waals surface area contributed by atoms with E-state index >= 15 is 0 Å². The van der Waals surface area contributed by atoms with E-state index in [0.29, 0.717) is 4.88 Å². The number of carbonyl (C=O) groups excluding carboxylic acids is 1. The van der Waals surface area contributed by atoms with Crippen LogP contribution in [-0.2, 0) is 4.79 Å². The maximum absolute atomic E-state index is 12.6. The average molecular weight is 281 g/mol. The number of aliphatic carboxylic acids is 1. The van der Waals surface area contributed by atoms with Gasteiger partial charge < -0.3 is 5.11 Å². The summed E-state index contributed by atoms with van der Waals surface area (Å²) in [6.07, 6.45) is 3.25. The van der Waals surface area contributed by atoms with E-state index in [1.165, 1.54) is 11.3 Å². The number of nitrogens with zero attached hydrogens (tertiary/aromatic N) is 1. The van der Waals surface area contributed by atoms with Crippen LogP contribution in [0.15, 0.2) is 17.5 Å². The number of rotatable bonds is 5. The van der Waals surface area contributed by atoms with E-state index in [1.54, 1.807) is 13.0 Å². The van der Waals surface area contributed by atoms with Gasteiger partial charge in [-0.15, -0.1) is 11.3 Å². The summed E-state index contributed by atoms with van der Waals surface area (Å²) < 4.78 is 0. The first-order chi connectivity index (χ1) is 9.11. The first kappa shape index (κ1) is 14.2. The van der Waals surface area contributed by atoms with Crippen molar-refractivity contribution < 1.29 is 14.7 Å². The van der Waals surface area contributed by atoms with Crippen molar-refractivity contribution in [2.75, 3.05) is 13.1 Å². The average Bonchev–Trinajstić information content (AvgIpc) is 2.93. The third kappa shape index (κ3) is 3.22. The smallest absolute Gasteiger partial charge is 0.308 e. The van der Waals surface area contributed by atoms with Crippen LogP contribution in [0.5, 0.6) is 0 Å². The molecule has 4 nitrogen and oxygen atoms in total. The van der Waals surface area contributed by atoms with Crippen molar-refractivity contribution >= 4 is 23.1 Å². The maximum Gasteiger partial charge on any atom is 0.308 e. The molecule has 0 saturated carbocycles. The van der Waals surface area contributed by atoms with Crippen LogP contribution < -0.4 is 0 Å². The predicted octanol–water partition coefficient (Wildman–Crippen LogP) is 2.51. The second-order valence-electron chi connectivity index (χ2n) is 5.01. The zero-order valence-electron chi connectivity index (χ0n) is 11.0. The maximum atomic E-state index is 12.6. The van der Waals surface area contributed by atoms with Gasteiger partial charge in [-0.2, -0.15) is 0 Å². The van der Waals surface area contributed by atoms with Crippen molar-refractivity contribution in [3.05, 3.63) is 22.4 Å². The van der Waals surface area contributed by atoms with E-state index in [9.17, 15) is 14.7 Å². The Morgan fingerprint density at radius 3 is 2.53 bits per heavy atom. The van der Waals surface area contributed by atoms with Crippen LogP contribution in [0.2, 0.25) is 0 Å². The summed E-state index contributed by atoms with van der Waals surface area (Å²) in [7, 11) is 0. The molecule has 2 heterocycles. The molecule has 0 aliphatic carbocycles. The number of piperidine rings is 1. The molecule has 0 radical (unpaired) electrons. The van der Waals surface area contributed by atoms with Crippen LogP contribution >= 0.6 is 11.3 Å². The minimum absolute atomic E-state index is 0.0493. The van der Waals surface area contributed by atoms with Crippen LogP contribution in [0.4, 0.5) is 0 Å². The molecule has 0 spiro atoms. The molecule has 1 aromatic rings. The monoisotopic (exact) mass is 281 g/mol. The highest BCUT2D eigenvalue weighted by molar-refractivity contribution is 7.12. The topological polar surface area (TPSA) is 57.6 Å². The molecule has 104 valence electrons.